The molecule has 0 radical (unpaired) electrons. The molecule has 2 aromatic heterocycles. The summed E-state index contributed by atoms with van der Waals surface area (Å²) in [6, 6.07) is 10.5. The summed E-state index contributed by atoms with van der Waals surface area (Å²) in [5.41, 5.74) is 3.36. The van der Waals surface area contributed by atoms with Crippen LogP contribution in [0.15, 0.2) is 50.0 Å². The van der Waals surface area contributed by atoms with Crippen molar-refractivity contribution in [3.63, 3.8) is 0 Å². The number of hydrogen-bond donors (Lipinski definition) is 1. The highest BCUT2D eigenvalue weighted by atomic mass is 35.5. The number of aromatic hydroxyl groups is 1. The van der Waals surface area contributed by atoms with E-state index in [0.29, 0.717) is 23.6 Å². The summed E-state index contributed by atoms with van der Waals surface area (Å²) < 4.78 is 11.3. The quantitative estimate of drug-likeness (QED) is 0.439. The molecule has 0 spiro atoms. The van der Waals surface area contributed by atoms with E-state index in [1.807, 2.05) is 31.2 Å². The van der Waals surface area contributed by atoms with Gasteiger partial charge < -0.3 is 13.9 Å². The summed E-state index contributed by atoms with van der Waals surface area (Å²) >= 11 is 6.06. The molecule has 7 heteroatoms. The topological polar surface area (TPSA) is 79.7 Å². The second-order valence-electron chi connectivity index (χ2n) is 8.14. The first kappa shape index (κ1) is 20.1. The van der Waals surface area contributed by atoms with Gasteiger partial charge in [-0.1, -0.05) is 18.5 Å². The van der Waals surface area contributed by atoms with Crippen molar-refractivity contribution < 1.29 is 13.9 Å². The van der Waals surface area contributed by atoms with Crippen LogP contribution in [0.25, 0.3) is 22.1 Å². The zero-order valence-corrected chi connectivity index (χ0v) is 18.0. The smallest absolute Gasteiger partial charge is 0.336 e. The monoisotopic (exact) mass is 438 g/mol. The lowest BCUT2D eigenvalue weighted by molar-refractivity contribution is 0.194. The van der Waals surface area contributed by atoms with E-state index in [9.17, 15) is 9.90 Å². The lowest BCUT2D eigenvalue weighted by Gasteiger charge is -2.30. The number of phenolic OH excluding ortho intramolecular Hbond substituents is 1. The summed E-state index contributed by atoms with van der Waals surface area (Å²) in [5, 5.41) is 11.7. The Kier molecular flexibility index (Phi) is 5.20. The van der Waals surface area contributed by atoms with Crippen molar-refractivity contribution in [3.8, 4) is 5.75 Å². The van der Waals surface area contributed by atoms with Crippen LogP contribution in [-0.4, -0.2) is 28.1 Å². The van der Waals surface area contributed by atoms with Gasteiger partial charge in [0.15, 0.2) is 11.5 Å². The normalized spacial score (nSPS) is 15.8. The second-order valence-corrected chi connectivity index (χ2v) is 8.57. The number of likely N-dealkylation sites (tertiary alicyclic amines) is 1. The SMILES string of the molecule is CCc1cc2c(CN3CCC(c4nc5cc(Cl)ccc5o4)CC3)cc(=O)oc2cc1O. The molecule has 1 N–H and O–H groups in total. The van der Waals surface area contributed by atoms with Crippen LogP contribution < -0.4 is 5.63 Å². The Morgan fingerprint density at radius 2 is 1.90 bits per heavy atom. The molecule has 0 bridgehead atoms. The Bertz CT molecular complexity index is 1320. The van der Waals surface area contributed by atoms with Crippen LogP contribution in [0.1, 0.15) is 42.7 Å². The van der Waals surface area contributed by atoms with E-state index in [2.05, 4.69) is 9.88 Å². The van der Waals surface area contributed by atoms with Gasteiger partial charge in [0.2, 0.25) is 0 Å². The van der Waals surface area contributed by atoms with Crippen LogP contribution in [0.5, 0.6) is 5.75 Å². The van der Waals surface area contributed by atoms with E-state index in [-0.39, 0.29) is 11.7 Å². The summed E-state index contributed by atoms with van der Waals surface area (Å²) in [6.07, 6.45) is 2.57. The first-order valence-corrected chi connectivity index (χ1v) is 10.9. The largest absolute Gasteiger partial charge is 0.508 e. The molecule has 0 aliphatic carbocycles. The molecular formula is C24H23ClN2O4. The second kappa shape index (κ2) is 8.02. The van der Waals surface area contributed by atoms with Crippen molar-refractivity contribution in [2.45, 2.75) is 38.6 Å². The summed E-state index contributed by atoms with van der Waals surface area (Å²) in [4.78, 5) is 19.0. The van der Waals surface area contributed by atoms with Gasteiger partial charge in [-0.25, -0.2) is 9.78 Å². The van der Waals surface area contributed by atoms with E-state index < -0.39 is 5.63 Å². The average molecular weight is 439 g/mol. The minimum Gasteiger partial charge on any atom is -0.508 e. The molecule has 1 fully saturated rings. The molecule has 1 saturated heterocycles. The molecule has 31 heavy (non-hydrogen) atoms. The third-order valence-corrected chi connectivity index (χ3v) is 6.34. The number of piperidine rings is 1. The Hall–Kier alpha value is -2.83. The number of phenols is 1. The Morgan fingerprint density at radius 3 is 2.68 bits per heavy atom. The van der Waals surface area contributed by atoms with Gasteiger partial charge in [0.05, 0.1) is 0 Å². The standard InChI is InChI=1S/C24H23ClN2O4/c1-2-14-9-18-16(10-23(29)30-22(18)12-20(14)28)13-27-7-5-15(6-8-27)24-26-19-11-17(25)3-4-21(19)31-24/h3-4,9-12,15,28H,2,5-8,13H2,1H3. The molecular weight excluding hydrogens is 416 g/mol. The number of halogens is 1. The number of nitrogens with zero attached hydrogens (tertiary/aromatic N) is 2. The molecule has 0 amide bonds. The minimum absolute atomic E-state index is 0.163. The molecule has 1 aliphatic rings. The number of benzene rings is 2. The summed E-state index contributed by atoms with van der Waals surface area (Å²) in [5.74, 6) is 1.20. The zero-order chi connectivity index (χ0) is 21.5. The molecule has 3 heterocycles. The maximum atomic E-state index is 12.1. The number of oxazole rings is 1. The van der Waals surface area contributed by atoms with E-state index >= 15 is 0 Å². The van der Waals surface area contributed by atoms with Crippen molar-refractivity contribution in [2.75, 3.05) is 13.1 Å². The van der Waals surface area contributed by atoms with E-state index in [0.717, 1.165) is 59.4 Å². The predicted molar refractivity (Wildman–Crippen MR) is 120 cm³/mol. The number of rotatable bonds is 4. The minimum atomic E-state index is -0.397. The summed E-state index contributed by atoms with van der Waals surface area (Å²) in [6.45, 7) is 4.41. The van der Waals surface area contributed by atoms with Crippen molar-refractivity contribution in [1.29, 1.82) is 0 Å². The fraction of sp³-hybridized carbons (Fsp3) is 0.333. The average Bonchev–Trinajstić information content (AvgIpc) is 3.17. The van der Waals surface area contributed by atoms with Crippen LogP contribution in [0.2, 0.25) is 5.02 Å². The van der Waals surface area contributed by atoms with Crippen LogP contribution in [0, 0.1) is 0 Å². The van der Waals surface area contributed by atoms with Crippen LogP contribution in [0.3, 0.4) is 0 Å². The molecule has 160 valence electrons. The van der Waals surface area contributed by atoms with Gasteiger partial charge in [0, 0.05) is 35.0 Å². The third kappa shape index (κ3) is 3.93. The van der Waals surface area contributed by atoms with Crippen LogP contribution >= 0.6 is 11.6 Å². The number of hydrogen-bond acceptors (Lipinski definition) is 6. The fourth-order valence-corrected chi connectivity index (χ4v) is 4.56. The van der Waals surface area contributed by atoms with Gasteiger partial charge >= 0.3 is 5.63 Å². The first-order chi connectivity index (χ1) is 15.0. The number of aromatic nitrogens is 1. The number of fused-ring (bicyclic) bond motifs is 2. The molecule has 0 atom stereocenters. The van der Waals surface area contributed by atoms with E-state index in [1.165, 1.54) is 0 Å². The number of aryl methyl sites for hydroxylation is 1. The van der Waals surface area contributed by atoms with Gasteiger partial charge in [-0.15, -0.1) is 0 Å². The van der Waals surface area contributed by atoms with Crippen molar-refractivity contribution >= 4 is 33.7 Å². The van der Waals surface area contributed by atoms with Crippen molar-refractivity contribution in [3.05, 3.63) is 68.9 Å². The van der Waals surface area contributed by atoms with E-state index in [1.54, 1.807) is 12.1 Å². The zero-order valence-electron chi connectivity index (χ0n) is 17.2. The maximum absolute atomic E-state index is 12.1. The highest BCUT2D eigenvalue weighted by molar-refractivity contribution is 6.31. The van der Waals surface area contributed by atoms with Crippen molar-refractivity contribution in [1.82, 2.24) is 9.88 Å². The fourth-order valence-electron chi connectivity index (χ4n) is 4.39. The Balaban J connectivity index is 1.34. The Morgan fingerprint density at radius 1 is 1.10 bits per heavy atom. The van der Waals surface area contributed by atoms with E-state index in [4.69, 9.17) is 20.4 Å². The molecule has 2 aromatic carbocycles. The molecule has 0 saturated carbocycles. The van der Waals surface area contributed by atoms with Gasteiger partial charge in [0.25, 0.3) is 0 Å². The molecule has 5 rings (SSSR count). The predicted octanol–water partition coefficient (Wildman–Crippen LogP) is 5.24. The highest BCUT2D eigenvalue weighted by Crippen LogP contribution is 2.32. The first-order valence-electron chi connectivity index (χ1n) is 10.6. The summed E-state index contributed by atoms with van der Waals surface area (Å²) in [7, 11) is 0. The van der Waals surface area contributed by atoms with Gasteiger partial charge in [-0.2, -0.15) is 0 Å². The van der Waals surface area contributed by atoms with Gasteiger partial charge in [0.1, 0.15) is 16.8 Å². The van der Waals surface area contributed by atoms with Crippen molar-refractivity contribution in [2.24, 2.45) is 0 Å². The van der Waals surface area contributed by atoms with Gasteiger partial charge in [-0.05, 0) is 67.7 Å². The van der Waals surface area contributed by atoms with Gasteiger partial charge in [-0.3, -0.25) is 4.90 Å². The molecule has 6 nitrogen and oxygen atoms in total. The maximum Gasteiger partial charge on any atom is 0.336 e. The third-order valence-electron chi connectivity index (χ3n) is 6.11. The highest BCUT2D eigenvalue weighted by Gasteiger charge is 2.25. The molecule has 1 aliphatic heterocycles. The lowest BCUT2D eigenvalue weighted by atomic mass is 9.96. The molecule has 0 unspecified atom stereocenters. The van der Waals surface area contributed by atoms with Crippen LogP contribution in [0.4, 0.5) is 0 Å². The Labute approximate surface area is 184 Å². The molecule has 4 aromatic rings. The van der Waals surface area contributed by atoms with Crippen LogP contribution in [-0.2, 0) is 13.0 Å². The lowest BCUT2D eigenvalue weighted by Crippen LogP contribution is -2.32.